The van der Waals surface area contributed by atoms with Crippen LogP contribution >= 0.6 is 0 Å². The maximum absolute atomic E-state index is 11.5. The van der Waals surface area contributed by atoms with Crippen LogP contribution in [0.4, 0.5) is 0 Å². The molecule has 2 saturated carbocycles. The van der Waals surface area contributed by atoms with Crippen LogP contribution < -0.4 is 0 Å². The van der Waals surface area contributed by atoms with E-state index in [0.29, 0.717) is 61.2 Å². The van der Waals surface area contributed by atoms with E-state index in [4.69, 9.17) is 9.47 Å². The smallest absolute Gasteiger partial charge is 0.306 e. The lowest BCUT2D eigenvalue weighted by Crippen LogP contribution is -2.17. The second-order valence-corrected chi connectivity index (χ2v) is 10.6. The summed E-state index contributed by atoms with van der Waals surface area (Å²) in [6.45, 7) is 4.64. The lowest BCUT2D eigenvalue weighted by molar-refractivity contribution is -0.145. The number of phenolic OH excluding ortho intramolecular Hbond substituents is 2. The first-order valence-corrected chi connectivity index (χ1v) is 14.3. The van der Waals surface area contributed by atoms with Crippen LogP contribution in [-0.4, -0.2) is 35.4 Å². The minimum Gasteiger partial charge on any atom is -0.508 e. The first kappa shape index (κ1) is 29.5. The number of rotatable bonds is 8. The number of carbonyl (C=O) groups excluding carboxylic acids is 2. The summed E-state index contributed by atoms with van der Waals surface area (Å²) in [6.07, 6.45) is 9.96. The standard InChI is InChI=1S/2C16H22O3/c2*1-2-19-16(18)11-12-3-5-13(6-4-12)14-7-9-15(17)10-8-14/h2*7-10,12-13,17H,2-6,11H2,1H3. The Hall–Kier alpha value is -3.02. The summed E-state index contributed by atoms with van der Waals surface area (Å²) in [7, 11) is 0. The van der Waals surface area contributed by atoms with E-state index in [9.17, 15) is 19.8 Å². The van der Waals surface area contributed by atoms with Crippen LogP contribution in [0.2, 0.25) is 0 Å². The van der Waals surface area contributed by atoms with Crippen LogP contribution in [0.25, 0.3) is 0 Å². The average Bonchev–Trinajstić information content (AvgIpc) is 2.91. The van der Waals surface area contributed by atoms with Crippen molar-refractivity contribution >= 4 is 11.9 Å². The number of esters is 2. The van der Waals surface area contributed by atoms with Gasteiger partial charge in [-0.3, -0.25) is 9.59 Å². The normalized spacial score (nSPS) is 23.0. The first-order chi connectivity index (χ1) is 18.4. The molecule has 38 heavy (non-hydrogen) atoms. The topological polar surface area (TPSA) is 93.1 Å². The summed E-state index contributed by atoms with van der Waals surface area (Å²) in [6, 6.07) is 15.0. The highest BCUT2D eigenvalue weighted by atomic mass is 16.5. The number of carbonyl (C=O) groups is 2. The molecule has 0 amide bonds. The molecular formula is C32H44O6. The molecule has 208 valence electrons. The Morgan fingerprint density at radius 2 is 0.921 bits per heavy atom. The van der Waals surface area contributed by atoms with Gasteiger partial charge in [0.05, 0.1) is 13.2 Å². The van der Waals surface area contributed by atoms with Gasteiger partial charge in [-0.15, -0.1) is 0 Å². The predicted molar refractivity (Wildman–Crippen MR) is 148 cm³/mol. The summed E-state index contributed by atoms with van der Waals surface area (Å²) >= 11 is 0. The van der Waals surface area contributed by atoms with Crippen LogP contribution in [0.5, 0.6) is 11.5 Å². The van der Waals surface area contributed by atoms with Crippen molar-refractivity contribution in [2.24, 2.45) is 11.8 Å². The van der Waals surface area contributed by atoms with E-state index < -0.39 is 0 Å². The molecule has 0 bridgehead atoms. The molecule has 2 aromatic carbocycles. The molecule has 0 heterocycles. The third-order valence-electron chi connectivity index (χ3n) is 7.94. The minimum absolute atomic E-state index is 0.0596. The molecule has 0 radical (unpaired) electrons. The molecule has 4 rings (SSSR count). The summed E-state index contributed by atoms with van der Waals surface area (Å²) in [4.78, 5) is 22.9. The van der Waals surface area contributed by atoms with Gasteiger partial charge in [0.15, 0.2) is 0 Å². The SMILES string of the molecule is CCOC(=O)CC1CCC(c2ccc(O)cc2)CC1.CCOC(=O)CC1CCC(c2ccc(O)cc2)CC1. The van der Waals surface area contributed by atoms with Gasteiger partial charge in [-0.2, -0.15) is 0 Å². The Morgan fingerprint density at radius 1 is 0.605 bits per heavy atom. The molecule has 0 aromatic heterocycles. The number of benzene rings is 2. The van der Waals surface area contributed by atoms with Crippen molar-refractivity contribution in [2.75, 3.05) is 13.2 Å². The number of hydrogen-bond acceptors (Lipinski definition) is 6. The number of ether oxygens (including phenoxy) is 2. The zero-order chi connectivity index (χ0) is 27.3. The molecule has 2 aromatic rings. The van der Waals surface area contributed by atoms with Gasteiger partial charge in [0.25, 0.3) is 0 Å². The molecule has 0 unspecified atom stereocenters. The molecule has 2 aliphatic carbocycles. The van der Waals surface area contributed by atoms with Gasteiger partial charge in [-0.25, -0.2) is 0 Å². The highest BCUT2D eigenvalue weighted by Gasteiger charge is 2.25. The molecule has 2 fully saturated rings. The van der Waals surface area contributed by atoms with Gasteiger partial charge in [-0.1, -0.05) is 24.3 Å². The highest BCUT2D eigenvalue weighted by molar-refractivity contribution is 5.70. The summed E-state index contributed by atoms with van der Waals surface area (Å²) in [5, 5.41) is 18.6. The number of hydrogen-bond donors (Lipinski definition) is 2. The van der Waals surface area contributed by atoms with Crippen LogP contribution in [0.15, 0.2) is 48.5 Å². The van der Waals surface area contributed by atoms with Crippen molar-refractivity contribution < 1.29 is 29.3 Å². The molecule has 0 spiro atoms. The van der Waals surface area contributed by atoms with E-state index in [1.54, 1.807) is 24.3 Å². The monoisotopic (exact) mass is 524 g/mol. The van der Waals surface area contributed by atoms with Gasteiger partial charge in [0.2, 0.25) is 0 Å². The number of phenols is 2. The van der Waals surface area contributed by atoms with Crippen molar-refractivity contribution in [2.45, 2.75) is 89.9 Å². The third-order valence-corrected chi connectivity index (χ3v) is 7.94. The van der Waals surface area contributed by atoms with Gasteiger partial charge in [0, 0.05) is 12.8 Å². The highest BCUT2D eigenvalue weighted by Crippen LogP contribution is 2.38. The molecular weight excluding hydrogens is 480 g/mol. The Morgan fingerprint density at radius 3 is 1.21 bits per heavy atom. The van der Waals surface area contributed by atoms with Crippen molar-refractivity contribution in [1.29, 1.82) is 0 Å². The Kier molecular flexibility index (Phi) is 12.0. The molecule has 0 aliphatic heterocycles. The summed E-state index contributed by atoms with van der Waals surface area (Å²) < 4.78 is 10.0. The molecule has 0 saturated heterocycles. The molecule has 2 aliphatic rings. The van der Waals surface area contributed by atoms with Crippen LogP contribution in [-0.2, 0) is 19.1 Å². The van der Waals surface area contributed by atoms with Crippen molar-refractivity contribution in [3.63, 3.8) is 0 Å². The van der Waals surface area contributed by atoms with Gasteiger partial charge in [-0.05, 0) is 124 Å². The van der Waals surface area contributed by atoms with E-state index in [0.717, 1.165) is 51.4 Å². The second-order valence-electron chi connectivity index (χ2n) is 10.6. The fourth-order valence-corrected chi connectivity index (χ4v) is 5.80. The Labute approximate surface area is 227 Å². The average molecular weight is 525 g/mol. The summed E-state index contributed by atoms with van der Waals surface area (Å²) in [5.41, 5.74) is 2.60. The van der Waals surface area contributed by atoms with Crippen molar-refractivity contribution in [3.05, 3.63) is 59.7 Å². The quantitative estimate of drug-likeness (QED) is 0.354. The van der Waals surface area contributed by atoms with E-state index in [-0.39, 0.29) is 11.9 Å². The molecule has 6 nitrogen and oxygen atoms in total. The molecule has 2 N–H and O–H groups in total. The van der Waals surface area contributed by atoms with Gasteiger partial charge >= 0.3 is 11.9 Å². The molecule has 0 atom stereocenters. The minimum atomic E-state index is -0.0596. The Balaban J connectivity index is 0.000000211. The van der Waals surface area contributed by atoms with Crippen molar-refractivity contribution in [3.8, 4) is 11.5 Å². The second kappa shape index (κ2) is 15.4. The van der Waals surface area contributed by atoms with Crippen molar-refractivity contribution in [1.82, 2.24) is 0 Å². The lowest BCUT2D eigenvalue weighted by Gasteiger charge is -2.28. The van der Waals surface area contributed by atoms with E-state index >= 15 is 0 Å². The van der Waals surface area contributed by atoms with Crippen LogP contribution in [0.3, 0.4) is 0 Å². The van der Waals surface area contributed by atoms with Gasteiger partial charge < -0.3 is 19.7 Å². The van der Waals surface area contributed by atoms with E-state index in [1.165, 1.54) is 11.1 Å². The first-order valence-electron chi connectivity index (χ1n) is 14.3. The zero-order valence-electron chi connectivity index (χ0n) is 22.9. The maximum atomic E-state index is 11.5. The zero-order valence-corrected chi connectivity index (χ0v) is 22.9. The van der Waals surface area contributed by atoms with Gasteiger partial charge in [0.1, 0.15) is 11.5 Å². The number of aromatic hydroxyl groups is 2. The van der Waals surface area contributed by atoms with E-state index in [2.05, 4.69) is 0 Å². The predicted octanol–water partition coefficient (Wildman–Crippen LogP) is 7.24. The fourth-order valence-electron chi connectivity index (χ4n) is 5.80. The summed E-state index contributed by atoms with van der Waals surface area (Å²) in [5.74, 6) is 2.61. The lowest BCUT2D eigenvalue weighted by atomic mass is 9.77. The maximum Gasteiger partial charge on any atom is 0.306 e. The Bertz CT molecular complexity index is 887. The fraction of sp³-hybridized carbons (Fsp3) is 0.562. The van der Waals surface area contributed by atoms with E-state index in [1.807, 2.05) is 38.1 Å². The van der Waals surface area contributed by atoms with Crippen LogP contribution in [0.1, 0.15) is 101 Å². The largest absolute Gasteiger partial charge is 0.508 e. The molecule has 6 heteroatoms. The third kappa shape index (κ3) is 9.70. The van der Waals surface area contributed by atoms with Crippen LogP contribution in [0, 0.1) is 11.8 Å².